The number of nitrogens with one attached hydrogen (secondary N) is 1. The van der Waals surface area contributed by atoms with Crippen LogP contribution in [0.1, 0.15) is 32.1 Å². The van der Waals surface area contributed by atoms with E-state index in [2.05, 4.69) is 15.3 Å². The highest BCUT2D eigenvalue weighted by molar-refractivity contribution is 6.18. The Bertz CT molecular complexity index is 367. The minimum atomic E-state index is -0.0494. The number of rotatable bonds is 4. The third-order valence-electron chi connectivity index (χ3n) is 3.28. The number of ether oxygens (including phenoxy) is 1. The first-order valence-electron chi connectivity index (χ1n) is 5.99. The molecule has 1 saturated carbocycles. The highest BCUT2D eigenvalue weighted by atomic mass is 35.5. The van der Waals surface area contributed by atoms with Crippen LogP contribution in [0.5, 0.6) is 5.88 Å². The molecule has 0 saturated heterocycles. The van der Waals surface area contributed by atoms with Crippen LogP contribution in [-0.2, 0) is 0 Å². The first-order chi connectivity index (χ1) is 8.28. The SMILES string of the molecule is COc1ccnc(NC2(CCl)CCCCC2)n1. The van der Waals surface area contributed by atoms with Crippen LogP contribution >= 0.6 is 11.6 Å². The van der Waals surface area contributed by atoms with E-state index in [1.54, 1.807) is 19.4 Å². The van der Waals surface area contributed by atoms with E-state index in [1.165, 1.54) is 19.3 Å². The molecule has 0 unspecified atom stereocenters. The molecule has 0 bridgehead atoms. The summed E-state index contributed by atoms with van der Waals surface area (Å²) in [4.78, 5) is 8.49. The van der Waals surface area contributed by atoms with Crippen molar-refractivity contribution in [2.45, 2.75) is 37.6 Å². The minimum absolute atomic E-state index is 0.0494. The molecule has 1 aromatic heterocycles. The Morgan fingerprint density at radius 1 is 1.41 bits per heavy atom. The van der Waals surface area contributed by atoms with Crippen molar-refractivity contribution in [2.75, 3.05) is 18.3 Å². The molecule has 0 aliphatic heterocycles. The summed E-state index contributed by atoms with van der Waals surface area (Å²) in [6, 6.07) is 1.74. The zero-order chi connectivity index (χ0) is 12.1. The van der Waals surface area contributed by atoms with Gasteiger partial charge in [-0.3, -0.25) is 0 Å². The van der Waals surface area contributed by atoms with Crippen LogP contribution in [0.3, 0.4) is 0 Å². The number of nitrogens with zero attached hydrogens (tertiary/aromatic N) is 2. The fourth-order valence-electron chi connectivity index (χ4n) is 2.27. The molecule has 17 heavy (non-hydrogen) atoms. The number of alkyl halides is 1. The summed E-state index contributed by atoms with van der Waals surface area (Å²) in [6.45, 7) is 0. The predicted octanol–water partition coefficient (Wildman–Crippen LogP) is 2.84. The third kappa shape index (κ3) is 3.00. The summed E-state index contributed by atoms with van der Waals surface area (Å²) in [7, 11) is 1.60. The van der Waals surface area contributed by atoms with Gasteiger partial charge in [0.15, 0.2) is 0 Å². The van der Waals surface area contributed by atoms with Crippen molar-refractivity contribution in [1.29, 1.82) is 0 Å². The smallest absolute Gasteiger partial charge is 0.226 e. The van der Waals surface area contributed by atoms with Crippen LogP contribution in [0.2, 0.25) is 0 Å². The number of methoxy groups -OCH3 is 1. The molecule has 0 aromatic carbocycles. The van der Waals surface area contributed by atoms with Gasteiger partial charge in [0.2, 0.25) is 11.8 Å². The molecule has 94 valence electrons. The summed E-state index contributed by atoms with van der Waals surface area (Å²) in [5.41, 5.74) is -0.0494. The zero-order valence-electron chi connectivity index (χ0n) is 10.1. The quantitative estimate of drug-likeness (QED) is 0.841. The molecule has 1 fully saturated rings. The fourth-order valence-corrected chi connectivity index (χ4v) is 2.61. The Morgan fingerprint density at radius 3 is 2.82 bits per heavy atom. The molecule has 0 amide bonds. The van der Waals surface area contributed by atoms with Crippen molar-refractivity contribution in [1.82, 2.24) is 9.97 Å². The van der Waals surface area contributed by atoms with Gasteiger partial charge in [-0.1, -0.05) is 19.3 Å². The summed E-state index contributed by atoms with van der Waals surface area (Å²) >= 11 is 6.11. The van der Waals surface area contributed by atoms with Crippen molar-refractivity contribution in [2.24, 2.45) is 0 Å². The zero-order valence-corrected chi connectivity index (χ0v) is 10.8. The molecule has 0 radical (unpaired) electrons. The van der Waals surface area contributed by atoms with Crippen molar-refractivity contribution in [3.63, 3.8) is 0 Å². The van der Waals surface area contributed by atoms with E-state index in [0.29, 0.717) is 17.7 Å². The van der Waals surface area contributed by atoms with Gasteiger partial charge in [-0.15, -0.1) is 11.6 Å². The molecule has 1 aromatic rings. The molecule has 0 atom stereocenters. The molecule has 1 aliphatic rings. The summed E-state index contributed by atoms with van der Waals surface area (Å²) in [5.74, 6) is 1.77. The van der Waals surface area contributed by atoms with Gasteiger partial charge >= 0.3 is 0 Å². The normalized spacial score (nSPS) is 18.7. The summed E-state index contributed by atoms with van der Waals surface area (Å²) < 4.78 is 5.09. The number of hydrogen-bond acceptors (Lipinski definition) is 4. The Kier molecular flexibility index (Phi) is 4.05. The van der Waals surface area contributed by atoms with Crippen LogP contribution in [0.15, 0.2) is 12.3 Å². The van der Waals surface area contributed by atoms with E-state index in [0.717, 1.165) is 12.8 Å². The van der Waals surface area contributed by atoms with Crippen LogP contribution < -0.4 is 10.1 Å². The fraction of sp³-hybridized carbons (Fsp3) is 0.667. The molecule has 1 aliphatic carbocycles. The maximum atomic E-state index is 6.11. The summed E-state index contributed by atoms with van der Waals surface area (Å²) in [6.07, 6.45) is 7.57. The Labute approximate surface area is 107 Å². The number of aromatic nitrogens is 2. The Hall–Kier alpha value is -1.03. The lowest BCUT2D eigenvalue weighted by Crippen LogP contribution is -2.42. The lowest BCUT2D eigenvalue weighted by molar-refractivity contribution is 0.350. The van der Waals surface area contributed by atoms with Crippen molar-refractivity contribution in [3.05, 3.63) is 12.3 Å². The second kappa shape index (κ2) is 5.54. The van der Waals surface area contributed by atoms with Crippen molar-refractivity contribution in [3.8, 4) is 5.88 Å². The van der Waals surface area contributed by atoms with E-state index >= 15 is 0 Å². The van der Waals surface area contributed by atoms with E-state index < -0.39 is 0 Å². The van der Waals surface area contributed by atoms with Gasteiger partial charge in [-0.25, -0.2) is 4.98 Å². The molecule has 4 nitrogen and oxygen atoms in total. The predicted molar refractivity (Wildman–Crippen MR) is 68.7 cm³/mol. The van der Waals surface area contributed by atoms with Crippen LogP contribution in [-0.4, -0.2) is 28.5 Å². The largest absolute Gasteiger partial charge is 0.481 e. The average molecular weight is 256 g/mol. The van der Waals surface area contributed by atoms with Crippen molar-refractivity contribution >= 4 is 17.5 Å². The standard InChI is InChI=1S/C12H18ClN3O/c1-17-10-5-8-14-11(15-10)16-12(9-13)6-3-2-4-7-12/h5,8H,2-4,6-7,9H2,1H3,(H,14,15,16). The third-order valence-corrected chi connectivity index (χ3v) is 3.79. The highest BCUT2D eigenvalue weighted by Crippen LogP contribution is 2.32. The van der Waals surface area contributed by atoms with E-state index in [4.69, 9.17) is 16.3 Å². The van der Waals surface area contributed by atoms with Gasteiger partial charge < -0.3 is 10.1 Å². The van der Waals surface area contributed by atoms with E-state index in [-0.39, 0.29) is 5.54 Å². The Balaban J connectivity index is 2.11. The number of hydrogen-bond donors (Lipinski definition) is 1. The molecule has 2 rings (SSSR count). The van der Waals surface area contributed by atoms with Crippen LogP contribution in [0, 0.1) is 0 Å². The lowest BCUT2D eigenvalue weighted by Gasteiger charge is -2.36. The van der Waals surface area contributed by atoms with Crippen LogP contribution in [0.25, 0.3) is 0 Å². The number of anilines is 1. The average Bonchev–Trinajstić information content (AvgIpc) is 2.40. The molecule has 5 heteroatoms. The highest BCUT2D eigenvalue weighted by Gasteiger charge is 2.31. The molecule has 1 N–H and O–H groups in total. The van der Waals surface area contributed by atoms with Gasteiger partial charge in [0.1, 0.15) is 0 Å². The van der Waals surface area contributed by atoms with Gasteiger partial charge in [-0.2, -0.15) is 4.98 Å². The molecular formula is C12H18ClN3O. The van der Waals surface area contributed by atoms with Gasteiger partial charge in [0, 0.05) is 18.1 Å². The number of halogens is 1. The maximum absolute atomic E-state index is 6.11. The monoisotopic (exact) mass is 255 g/mol. The first-order valence-corrected chi connectivity index (χ1v) is 6.53. The van der Waals surface area contributed by atoms with Gasteiger partial charge in [0.05, 0.1) is 12.6 Å². The Morgan fingerprint density at radius 2 is 2.18 bits per heavy atom. The second-order valence-corrected chi connectivity index (χ2v) is 4.79. The second-order valence-electron chi connectivity index (χ2n) is 4.52. The van der Waals surface area contributed by atoms with E-state index in [1.807, 2.05) is 0 Å². The molecular weight excluding hydrogens is 238 g/mol. The van der Waals surface area contributed by atoms with Crippen LogP contribution in [0.4, 0.5) is 5.95 Å². The maximum Gasteiger partial charge on any atom is 0.226 e. The molecule has 0 spiro atoms. The van der Waals surface area contributed by atoms with Gasteiger partial charge in [0.25, 0.3) is 0 Å². The molecule has 1 heterocycles. The first kappa shape index (κ1) is 12.4. The topological polar surface area (TPSA) is 47.0 Å². The minimum Gasteiger partial charge on any atom is -0.481 e. The van der Waals surface area contributed by atoms with Crippen molar-refractivity contribution < 1.29 is 4.74 Å². The van der Waals surface area contributed by atoms with E-state index in [9.17, 15) is 0 Å². The summed E-state index contributed by atoms with van der Waals surface area (Å²) in [5, 5.41) is 3.38. The lowest BCUT2D eigenvalue weighted by atomic mass is 9.83. The van der Waals surface area contributed by atoms with Gasteiger partial charge in [-0.05, 0) is 12.8 Å².